The average Bonchev–Trinajstić information content (AvgIpc) is 3.42. The van der Waals surface area contributed by atoms with E-state index in [4.69, 9.17) is 9.47 Å². The van der Waals surface area contributed by atoms with Gasteiger partial charge in [-0.05, 0) is 45.4 Å². The summed E-state index contributed by atoms with van der Waals surface area (Å²) in [7, 11) is 0. The van der Waals surface area contributed by atoms with Gasteiger partial charge >= 0.3 is 11.9 Å². The monoisotopic (exact) mass is 566 g/mol. The number of nitrogens with zero attached hydrogens (tertiary/aromatic N) is 2. The van der Waals surface area contributed by atoms with E-state index >= 15 is 0 Å². The van der Waals surface area contributed by atoms with Crippen LogP contribution >= 0.6 is 34.4 Å². The molecule has 1 unspecified atom stereocenters. The lowest BCUT2D eigenvalue weighted by Gasteiger charge is -2.10. The molecule has 3 rings (SSSR count). The molecule has 0 fully saturated rings. The fraction of sp³-hybridized carbons (Fsp3) is 0.304. The molecule has 14 heteroatoms. The summed E-state index contributed by atoms with van der Waals surface area (Å²) in [4.78, 5) is 50.2. The lowest BCUT2D eigenvalue weighted by atomic mass is 10.1. The maximum absolute atomic E-state index is 13.8. The van der Waals surface area contributed by atoms with Gasteiger partial charge in [0.25, 0.3) is 5.91 Å². The van der Waals surface area contributed by atoms with Gasteiger partial charge < -0.3 is 14.8 Å². The van der Waals surface area contributed by atoms with Gasteiger partial charge in [0.05, 0.1) is 29.6 Å². The minimum absolute atomic E-state index is 0.0921. The SMILES string of the molecule is CCOC(=O)c1sc(NC(=O)C(C)Sc2nnc(NC(=O)c3ccccc3F)s2)c(C(=O)OCC)c1C. The number of anilines is 2. The molecule has 0 saturated heterocycles. The summed E-state index contributed by atoms with van der Waals surface area (Å²) in [6.45, 7) is 6.80. The second-order valence-corrected chi connectivity index (χ2v) is 10.8. The molecule has 1 atom stereocenters. The van der Waals surface area contributed by atoms with E-state index in [0.717, 1.165) is 34.4 Å². The normalized spacial score (nSPS) is 11.5. The molecule has 0 spiro atoms. The van der Waals surface area contributed by atoms with Crippen molar-refractivity contribution in [3.8, 4) is 0 Å². The maximum Gasteiger partial charge on any atom is 0.348 e. The number of thioether (sulfide) groups is 1. The van der Waals surface area contributed by atoms with Crippen molar-refractivity contribution in [3.05, 3.63) is 51.7 Å². The minimum Gasteiger partial charge on any atom is -0.462 e. The zero-order valence-corrected chi connectivity index (χ0v) is 22.7. The van der Waals surface area contributed by atoms with Crippen LogP contribution in [-0.2, 0) is 14.3 Å². The highest BCUT2D eigenvalue weighted by atomic mass is 32.2. The number of hydrogen-bond donors (Lipinski definition) is 2. The Morgan fingerprint density at radius 3 is 2.38 bits per heavy atom. The number of halogens is 1. The van der Waals surface area contributed by atoms with E-state index < -0.39 is 34.8 Å². The van der Waals surface area contributed by atoms with Crippen LogP contribution in [0.25, 0.3) is 0 Å². The van der Waals surface area contributed by atoms with Gasteiger partial charge in [-0.25, -0.2) is 14.0 Å². The number of hydrogen-bond acceptors (Lipinski definition) is 11. The number of carbonyl (C=O) groups is 4. The topological polar surface area (TPSA) is 137 Å². The van der Waals surface area contributed by atoms with E-state index in [0.29, 0.717) is 9.90 Å². The molecule has 0 aliphatic heterocycles. The number of benzene rings is 1. The Kier molecular flexibility index (Phi) is 9.72. The number of aromatic nitrogens is 2. The Labute approximate surface area is 224 Å². The highest BCUT2D eigenvalue weighted by Gasteiger charge is 2.28. The lowest BCUT2D eigenvalue weighted by molar-refractivity contribution is -0.115. The summed E-state index contributed by atoms with van der Waals surface area (Å²) in [6.07, 6.45) is 0. The van der Waals surface area contributed by atoms with E-state index in [1.165, 1.54) is 24.3 Å². The van der Waals surface area contributed by atoms with Crippen LogP contribution in [0.1, 0.15) is 56.7 Å². The van der Waals surface area contributed by atoms with Crippen LogP contribution in [0.15, 0.2) is 28.6 Å². The molecule has 196 valence electrons. The van der Waals surface area contributed by atoms with E-state index in [1.54, 1.807) is 27.7 Å². The van der Waals surface area contributed by atoms with Crippen LogP contribution in [0, 0.1) is 12.7 Å². The second-order valence-electron chi connectivity index (χ2n) is 7.26. The quantitative estimate of drug-likeness (QED) is 0.202. The molecule has 0 aliphatic rings. The van der Waals surface area contributed by atoms with Gasteiger partial charge in [0.2, 0.25) is 11.0 Å². The van der Waals surface area contributed by atoms with Gasteiger partial charge in [0, 0.05) is 0 Å². The van der Waals surface area contributed by atoms with Crippen LogP contribution in [0.3, 0.4) is 0 Å². The molecule has 2 heterocycles. The van der Waals surface area contributed by atoms with Gasteiger partial charge in [-0.15, -0.1) is 21.5 Å². The first-order valence-corrected chi connectivity index (χ1v) is 13.5. The molecule has 0 bridgehead atoms. The average molecular weight is 567 g/mol. The molecule has 0 saturated carbocycles. The first-order valence-electron chi connectivity index (χ1n) is 11.0. The van der Waals surface area contributed by atoms with E-state index in [-0.39, 0.29) is 39.4 Å². The second kappa shape index (κ2) is 12.7. The van der Waals surface area contributed by atoms with E-state index in [9.17, 15) is 23.6 Å². The Morgan fingerprint density at radius 2 is 1.70 bits per heavy atom. The third kappa shape index (κ3) is 6.90. The summed E-state index contributed by atoms with van der Waals surface area (Å²) in [5.41, 5.74) is 0.317. The van der Waals surface area contributed by atoms with Crippen LogP contribution in [0.4, 0.5) is 14.5 Å². The van der Waals surface area contributed by atoms with Crippen molar-refractivity contribution < 1.29 is 33.0 Å². The maximum atomic E-state index is 13.8. The summed E-state index contributed by atoms with van der Waals surface area (Å²) in [5.74, 6) is -3.06. The Hall–Kier alpha value is -3.36. The van der Waals surface area contributed by atoms with Crippen molar-refractivity contribution in [2.75, 3.05) is 23.8 Å². The predicted octanol–water partition coefficient (Wildman–Crippen LogP) is 4.77. The molecule has 0 radical (unpaired) electrons. The summed E-state index contributed by atoms with van der Waals surface area (Å²) < 4.78 is 24.4. The van der Waals surface area contributed by atoms with Crippen molar-refractivity contribution in [2.24, 2.45) is 0 Å². The number of thiophene rings is 1. The molecule has 0 aliphatic carbocycles. The molecule has 1 aromatic carbocycles. The van der Waals surface area contributed by atoms with Crippen molar-refractivity contribution >= 4 is 68.3 Å². The minimum atomic E-state index is -0.688. The first-order chi connectivity index (χ1) is 17.7. The number of esters is 2. The first kappa shape index (κ1) is 28.2. The van der Waals surface area contributed by atoms with Gasteiger partial charge in [-0.3, -0.25) is 14.9 Å². The fourth-order valence-electron chi connectivity index (χ4n) is 2.98. The van der Waals surface area contributed by atoms with Gasteiger partial charge in [-0.2, -0.15) is 0 Å². The van der Waals surface area contributed by atoms with E-state index in [2.05, 4.69) is 20.8 Å². The van der Waals surface area contributed by atoms with Crippen molar-refractivity contribution in [1.29, 1.82) is 0 Å². The molecule has 2 amide bonds. The third-order valence-electron chi connectivity index (χ3n) is 4.72. The molecule has 2 aromatic heterocycles. The lowest BCUT2D eigenvalue weighted by Crippen LogP contribution is -2.23. The van der Waals surface area contributed by atoms with Crippen LogP contribution in [0.5, 0.6) is 0 Å². The van der Waals surface area contributed by atoms with Gasteiger partial charge in [-0.1, -0.05) is 35.2 Å². The molecule has 3 aromatic rings. The van der Waals surface area contributed by atoms with Gasteiger partial charge in [0.1, 0.15) is 15.7 Å². The molecule has 37 heavy (non-hydrogen) atoms. The van der Waals surface area contributed by atoms with Crippen molar-refractivity contribution in [3.63, 3.8) is 0 Å². The number of nitrogens with one attached hydrogen (secondary N) is 2. The van der Waals surface area contributed by atoms with Crippen LogP contribution in [0.2, 0.25) is 0 Å². The predicted molar refractivity (Wildman–Crippen MR) is 139 cm³/mol. The highest BCUT2D eigenvalue weighted by molar-refractivity contribution is 8.02. The van der Waals surface area contributed by atoms with Crippen LogP contribution in [-0.4, -0.2) is 52.4 Å². The summed E-state index contributed by atoms with van der Waals surface area (Å²) >= 11 is 3.02. The Balaban J connectivity index is 1.70. The fourth-order valence-corrected chi connectivity index (χ4v) is 5.96. The zero-order valence-electron chi connectivity index (χ0n) is 20.2. The largest absolute Gasteiger partial charge is 0.462 e. The zero-order chi connectivity index (χ0) is 27.1. The Bertz CT molecular complexity index is 1330. The molecular weight excluding hydrogens is 543 g/mol. The third-order valence-corrected chi connectivity index (χ3v) is 7.93. The van der Waals surface area contributed by atoms with Crippen LogP contribution < -0.4 is 10.6 Å². The van der Waals surface area contributed by atoms with Gasteiger partial charge in [0.15, 0.2) is 4.34 Å². The molecule has 10 nitrogen and oxygen atoms in total. The number of amides is 2. The smallest absolute Gasteiger partial charge is 0.348 e. The van der Waals surface area contributed by atoms with Crippen molar-refractivity contribution in [1.82, 2.24) is 10.2 Å². The highest BCUT2D eigenvalue weighted by Crippen LogP contribution is 2.36. The standard InChI is InChI=1S/C23H23FN4O6S3/c1-5-33-20(31)15-11(3)16(21(32)34-6-2)36-19(15)25-17(29)12(4)35-23-28-27-22(37-23)26-18(30)13-9-7-8-10-14(13)24/h7-10,12H,5-6H2,1-4H3,(H,25,29)(H,26,27,30). The molecule has 2 N–H and O–H groups in total. The Morgan fingerprint density at radius 1 is 1.03 bits per heavy atom. The number of ether oxygens (including phenoxy) is 2. The number of carbonyl (C=O) groups excluding carboxylic acids is 4. The van der Waals surface area contributed by atoms with E-state index in [1.807, 2.05) is 0 Å². The summed E-state index contributed by atoms with van der Waals surface area (Å²) in [6, 6.07) is 5.54. The number of rotatable bonds is 10. The molecular formula is C23H23FN4O6S3. The summed E-state index contributed by atoms with van der Waals surface area (Å²) in [5, 5.41) is 12.6. The van der Waals surface area contributed by atoms with Crippen molar-refractivity contribution in [2.45, 2.75) is 37.3 Å².